The van der Waals surface area contributed by atoms with Crippen molar-refractivity contribution in [3.8, 4) is 0 Å². The van der Waals surface area contributed by atoms with Gasteiger partial charge in [-0.1, -0.05) is 44.0 Å². The van der Waals surface area contributed by atoms with Crippen LogP contribution in [0.1, 0.15) is 37.6 Å². The molecule has 7 heteroatoms. The van der Waals surface area contributed by atoms with Crippen LogP contribution in [0.4, 0.5) is 4.39 Å². The van der Waals surface area contributed by atoms with E-state index in [1.165, 1.54) is 12.1 Å². The van der Waals surface area contributed by atoms with Gasteiger partial charge in [0.05, 0.1) is 6.10 Å². The molecule has 0 radical (unpaired) electrons. The maximum Gasteiger partial charge on any atom is 0.251 e. The first-order valence-electron chi connectivity index (χ1n) is 8.85. The fourth-order valence-corrected chi connectivity index (χ4v) is 3.47. The fourth-order valence-electron chi connectivity index (χ4n) is 2.94. The summed E-state index contributed by atoms with van der Waals surface area (Å²) in [5, 5.41) is 13.7. The molecule has 0 bridgehead atoms. The third-order valence-corrected chi connectivity index (χ3v) is 5.28. The molecular weight excluding hydrogens is 378 g/mol. The number of hydrogen-bond donors (Lipinski definition) is 2. The van der Waals surface area contributed by atoms with E-state index in [1.54, 1.807) is 6.07 Å². The van der Waals surface area contributed by atoms with E-state index in [1.807, 2.05) is 25.7 Å². The first-order chi connectivity index (χ1) is 12.1. The molecule has 1 heterocycles. The number of hydrogen-bond acceptors (Lipinski definition) is 3. The second kappa shape index (κ2) is 8.87. The van der Waals surface area contributed by atoms with E-state index >= 15 is 0 Å². The molecule has 1 aromatic rings. The van der Waals surface area contributed by atoms with E-state index in [0.29, 0.717) is 35.1 Å². The van der Waals surface area contributed by atoms with Crippen molar-refractivity contribution in [2.45, 2.75) is 39.5 Å². The van der Waals surface area contributed by atoms with E-state index in [0.717, 1.165) is 0 Å². The lowest BCUT2D eigenvalue weighted by Crippen LogP contribution is -2.49. The highest BCUT2D eigenvalue weighted by atomic mass is 35.5. The Balaban J connectivity index is 1.84. The Morgan fingerprint density at radius 1 is 1.35 bits per heavy atom. The number of halogens is 3. The van der Waals surface area contributed by atoms with Gasteiger partial charge in [0.2, 0.25) is 0 Å². The summed E-state index contributed by atoms with van der Waals surface area (Å²) in [5.41, 5.74) is 0.137. The minimum Gasteiger partial charge on any atom is -0.391 e. The van der Waals surface area contributed by atoms with E-state index in [9.17, 15) is 14.3 Å². The van der Waals surface area contributed by atoms with Crippen molar-refractivity contribution in [3.63, 3.8) is 0 Å². The minimum atomic E-state index is -1.04. The number of carbonyl (C=O) groups is 1. The summed E-state index contributed by atoms with van der Waals surface area (Å²) in [4.78, 5) is 14.2. The summed E-state index contributed by atoms with van der Waals surface area (Å²) in [6, 6.07) is 4.62. The van der Waals surface area contributed by atoms with Crippen LogP contribution in [0.3, 0.4) is 0 Å². The highest BCUT2D eigenvalue weighted by molar-refractivity contribution is 6.35. The number of β-amino-alcohol motifs (C(OH)–C–C–N with tert-alkyl or cyclic N) is 1. The van der Waals surface area contributed by atoms with E-state index < -0.39 is 12.3 Å². The van der Waals surface area contributed by atoms with Crippen LogP contribution >= 0.6 is 23.2 Å². The summed E-state index contributed by atoms with van der Waals surface area (Å²) in [7, 11) is 0. The van der Waals surface area contributed by atoms with Crippen molar-refractivity contribution < 1.29 is 14.3 Å². The molecule has 26 heavy (non-hydrogen) atoms. The number of nitrogens with zero attached hydrogens (tertiary/aromatic N) is 1. The van der Waals surface area contributed by atoms with Crippen molar-refractivity contribution in [3.05, 3.63) is 33.8 Å². The number of amides is 1. The SMILES string of the molecule is CC(C)(C)[C@H](O)CN1CC[C@H](CNC(=O)c2cc(Cl)cc(Cl)c2)[C@H](F)C1. The lowest BCUT2D eigenvalue weighted by molar-refractivity contribution is 0.00151. The maximum absolute atomic E-state index is 14.5. The van der Waals surface area contributed by atoms with Gasteiger partial charge >= 0.3 is 0 Å². The Bertz CT molecular complexity index is 616. The van der Waals surface area contributed by atoms with Crippen molar-refractivity contribution in [1.82, 2.24) is 10.2 Å². The predicted molar refractivity (Wildman–Crippen MR) is 104 cm³/mol. The molecule has 3 atom stereocenters. The van der Waals surface area contributed by atoms with Crippen LogP contribution in [0, 0.1) is 11.3 Å². The van der Waals surface area contributed by atoms with Crippen molar-refractivity contribution in [1.29, 1.82) is 0 Å². The van der Waals surface area contributed by atoms with Gasteiger partial charge in [-0.3, -0.25) is 9.69 Å². The Hall–Kier alpha value is -0.880. The zero-order chi connectivity index (χ0) is 19.5. The second-order valence-corrected chi connectivity index (χ2v) is 8.95. The van der Waals surface area contributed by atoms with Crippen LogP contribution < -0.4 is 5.32 Å². The number of aliphatic hydroxyl groups is 1. The molecule has 4 nitrogen and oxygen atoms in total. The lowest BCUT2D eigenvalue weighted by Gasteiger charge is -2.38. The van der Waals surface area contributed by atoms with Crippen molar-refractivity contribution in [2.75, 3.05) is 26.2 Å². The average molecular weight is 405 g/mol. The molecule has 1 amide bonds. The normalized spacial score (nSPS) is 22.9. The fraction of sp³-hybridized carbons (Fsp3) is 0.632. The highest BCUT2D eigenvalue weighted by Gasteiger charge is 2.32. The summed E-state index contributed by atoms with van der Waals surface area (Å²) >= 11 is 11.8. The number of benzene rings is 1. The molecule has 0 saturated carbocycles. The molecule has 0 aliphatic carbocycles. The predicted octanol–water partition coefficient (Wildman–Crippen LogP) is 3.79. The molecule has 146 valence electrons. The van der Waals surface area contributed by atoms with Crippen LogP contribution in [-0.2, 0) is 0 Å². The van der Waals surface area contributed by atoms with E-state index in [-0.39, 0.29) is 30.3 Å². The molecule has 0 aromatic heterocycles. The summed E-state index contributed by atoms with van der Waals surface area (Å²) in [6.07, 6.45) is -0.910. The number of aliphatic hydroxyl groups excluding tert-OH is 1. The maximum atomic E-state index is 14.5. The minimum absolute atomic E-state index is 0.227. The van der Waals surface area contributed by atoms with Crippen LogP contribution in [0.2, 0.25) is 10.0 Å². The molecule has 0 spiro atoms. The smallest absolute Gasteiger partial charge is 0.251 e. The molecule has 0 unspecified atom stereocenters. The van der Waals surface area contributed by atoms with Crippen LogP contribution in [0.25, 0.3) is 0 Å². The van der Waals surface area contributed by atoms with Crippen LogP contribution in [0.15, 0.2) is 18.2 Å². The number of nitrogens with one attached hydrogen (secondary N) is 1. The van der Waals surface area contributed by atoms with Gasteiger partial charge in [-0.05, 0) is 36.6 Å². The van der Waals surface area contributed by atoms with Crippen LogP contribution in [-0.4, -0.2) is 54.4 Å². The van der Waals surface area contributed by atoms with Gasteiger partial charge in [0, 0.05) is 41.2 Å². The van der Waals surface area contributed by atoms with Crippen LogP contribution in [0.5, 0.6) is 0 Å². The molecule has 1 aromatic carbocycles. The number of likely N-dealkylation sites (tertiary alicyclic amines) is 1. The lowest BCUT2D eigenvalue weighted by atomic mass is 9.87. The molecule has 1 fully saturated rings. The quantitative estimate of drug-likeness (QED) is 0.784. The Kier molecular flexibility index (Phi) is 7.31. The second-order valence-electron chi connectivity index (χ2n) is 8.07. The van der Waals surface area contributed by atoms with Gasteiger partial charge < -0.3 is 10.4 Å². The van der Waals surface area contributed by atoms with Gasteiger partial charge in [0.15, 0.2) is 0 Å². The molecule has 1 saturated heterocycles. The zero-order valence-corrected chi connectivity index (χ0v) is 16.9. The first kappa shape index (κ1) is 21.4. The molecule has 1 aliphatic heterocycles. The van der Waals surface area contributed by atoms with Gasteiger partial charge in [-0.25, -0.2) is 4.39 Å². The van der Waals surface area contributed by atoms with E-state index in [4.69, 9.17) is 23.2 Å². The highest BCUT2D eigenvalue weighted by Crippen LogP contribution is 2.25. The monoisotopic (exact) mass is 404 g/mol. The molecule has 2 N–H and O–H groups in total. The van der Waals surface area contributed by atoms with Gasteiger partial charge in [0.1, 0.15) is 6.17 Å². The van der Waals surface area contributed by atoms with Gasteiger partial charge in [0.25, 0.3) is 5.91 Å². The van der Waals surface area contributed by atoms with Gasteiger partial charge in [-0.2, -0.15) is 0 Å². The van der Waals surface area contributed by atoms with Gasteiger partial charge in [-0.15, -0.1) is 0 Å². The number of piperidine rings is 1. The summed E-state index contributed by atoms with van der Waals surface area (Å²) in [6.45, 7) is 7.61. The van der Waals surface area contributed by atoms with Crippen molar-refractivity contribution >= 4 is 29.1 Å². The standard InChI is InChI=1S/C19H27Cl2FN2O2/c1-19(2,3)17(25)11-24-5-4-12(16(22)10-24)9-23-18(26)13-6-14(20)8-15(21)7-13/h6-8,12,16-17,25H,4-5,9-11H2,1-3H3,(H,23,26)/t12-,16-,17-/m1/s1. The number of alkyl halides is 1. The Labute approximate surface area is 164 Å². The number of rotatable bonds is 5. The summed E-state index contributed by atoms with van der Waals surface area (Å²) < 4.78 is 14.5. The third-order valence-electron chi connectivity index (χ3n) is 4.84. The Morgan fingerprint density at radius 2 is 1.96 bits per heavy atom. The Morgan fingerprint density at radius 3 is 2.50 bits per heavy atom. The third kappa shape index (κ3) is 6.08. The zero-order valence-electron chi connectivity index (χ0n) is 15.4. The number of carbonyl (C=O) groups excluding carboxylic acids is 1. The first-order valence-corrected chi connectivity index (χ1v) is 9.60. The average Bonchev–Trinajstić information content (AvgIpc) is 2.52. The molecule has 2 rings (SSSR count). The molecule has 1 aliphatic rings. The summed E-state index contributed by atoms with van der Waals surface area (Å²) in [5.74, 6) is -0.552. The van der Waals surface area contributed by atoms with Crippen molar-refractivity contribution in [2.24, 2.45) is 11.3 Å². The topological polar surface area (TPSA) is 52.6 Å². The molecular formula is C19H27Cl2FN2O2. The van der Waals surface area contributed by atoms with E-state index in [2.05, 4.69) is 5.32 Å². The largest absolute Gasteiger partial charge is 0.391 e.